The van der Waals surface area contributed by atoms with Crippen LogP contribution in [0, 0.1) is 12.7 Å². The van der Waals surface area contributed by atoms with E-state index in [4.69, 9.17) is 0 Å². The Labute approximate surface area is 103 Å². The highest BCUT2D eigenvalue weighted by atomic mass is 19.1. The SMILES string of the molecule is Cc1cc(F)cc(-c2nc3ccc(O)cc3[nH]2)c1. The van der Waals surface area contributed by atoms with E-state index in [1.165, 1.54) is 12.1 Å². The van der Waals surface area contributed by atoms with Crippen LogP contribution < -0.4 is 0 Å². The van der Waals surface area contributed by atoms with E-state index in [9.17, 15) is 9.50 Å². The molecule has 3 nitrogen and oxygen atoms in total. The predicted molar refractivity (Wildman–Crippen MR) is 67.9 cm³/mol. The fraction of sp³-hybridized carbons (Fsp3) is 0.0714. The number of imidazole rings is 1. The number of benzene rings is 2. The van der Waals surface area contributed by atoms with Gasteiger partial charge in [-0.1, -0.05) is 0 Å². The fourth-order valence-corrected chi connectivity index (χ4v) is 2.01. The maximum Gasteiger partial charge on any atom is 0.138 e. The number of aryl methyl sites for hydroxylation is 1. The number of aromatic nitrogens is 2. The molecule has 1 aromatic heterocycles. The van der Waals surface area contributed by atoms with Crippen LogP contribution in [-0.2, 0) is 0 Å². The Morgan fingerprint density at radius 1 is 1.17 bits per heavy atom. The van der Waals surface area contributed by atoms with E-state index >= 15 is 0 Å². The van der Waals surface area contributed by atoms with Crippen LogP contribution >= 0.6 is 0 Å². The van der Waals surface area contributed by atoms with Gasteiger partial charge in [0, 0.05) is 11.6 Å². The third-order valence-corrected chi connectivity index (χ3v) is 2.78. The minimum Gasteiger partial charge on any atom is -0.508 e. The molecule has 0 saturated heterocycles. The Kier molecular flexibility index (Phi) is 2.30. The first-order chi connectivity index (χ1) is 8.61. The Balaban J connectivity index is 2.19. The first-order valence-corrected chi connectivity index (χ1v) is 5.58. The summed E-state index contributed by atoms with van der Waals surface area (Å²) in [4.78, 5) is 7.44. The first kappa shape index (κ1) is 10.8. The molecule has 18 heavy (non-hydrogen) atoms. The van der Waals surface area contributed by atoms with Crippen LogP contribution in [0.15, 0.2) is 36.4 Å². The number of phenols is 1. The van der Waals surface area contributed by atoms with Crippen molar-refractivity contribution in [3.63, 3.8) is 0 Å². The van der Waals surface area contributed by atoms with Gasteiger partial charge in [-0.3, -0.25) is 0 Å². The zero-order valence-electron chi connectivity index (χ0n) is 9.74. The van der Waals surface area contributed by atoms with Gasteiger partial charge in [0.1, 0.15) is 17.4 Å². The fourth-order valence-electron chi connectivity index (χ4n) is 2.01. The van der Waals surface area contributed by atoms with Gasteiger partial charge in [-0.25, -0.2) is 9.37 Å². The third kappa shape index (κ3) is 1.82. The second kappa shape index (κ2) is 3.84. The molecular weight excluding hydrogens is 231 g/mol. The summed E-state index contributed by atoms with van der Waals surface area (Å²) in [6.45, 7) is 1.83. The summed E-state index contributed by atoms with van der Waals surface area (Å²) in [7, 11) is 0. The number of rotatable bonds is 1. The van der Waals surface area contributed by atoms with Gasteiger partial charge < -0.3 is 10.1 Å². The highest BCUT2D eigenvalue weighted by molar-refractivity contribution is 5.80. The van der Waals surface area contributed by atoms with E-state index in [0.29, 0.717) is 11.4 Å². The van der Waals surface area contributed by atoms with Gasteiger partial charge in [-0.15, -0.1) is 0 Å². The monoisotopic (exact) mass is 242 g/mol. The van der Waals surface area contributed by atoms with Crippen molar-refractivity contribution in [3.8, 4) is 17.1 Å². The van der Waals surface area contributed by atoms with Gasteiger partial charge >= 0.3 is 0 Å². The molecule has 90 valence electrons. The van der Waals surface area contributed by atoms with Crippen molar-refractivity contribution in [2.75, 3.05) is 0 Å². The van der Waals surface area contributed by atoms with Crippen molar-refractivity contribution >= 4 is 11.0 Å². The van der Waals surface area contributed by atoms with Crippen LogP contribution in [0.1, 0.15) is 5.56 Å². The Hall–Kier alpha value is -2.36. The summed E-state index contributed by atoms with van der Waals surface area (Å²) in [6, 6.07) is 9.65. The number of nitrogens with zero attached hydrogens (tertiary/aromatic N) is 1. The highest BCUT2D eigenvalue weighted by Gasteiger charge is 2.07. The van der Waals surface area contributed by atoms with E-state index in [2.05, 4.69) is 9.97 Å². The molecule has 0 bridgehead atoms. The number of hydrogen-bond acceptors (Lipinski definition) is 2. The van der Waals surface area contributed by atoms with E-state index < -0.39 is 0 Å². The van der Waals surface area contributed by atoms with Crippen molar-refractivity contribution in [2.24, 2.45) is 0 Å². The summed E-state index contributed by atoms with van der Waals surface area (Å²) in [5.41, 5.74) is 3.01. The van der Waals surface area contributed by atoms with Crippen LogP contribution in [0.3, 0.4) is 0 Å². The number of aromatic hydroxyl groups is 1. The molecule has 0 aliphatic rings. The molecule has 2 N–H and O–H groups in total. The van der Waals surface area contributed by atoms with Crippen LogP contribution in [0.4, 0.5) is 4.39 Å². The highest BCUT2D eigenvalue weighted by Crippen LogP contribution is 2.24. The lowest BCUT2D eigenvalue weighted by Crippen LogP contribution is -1.84. The van der Waals surface area contributed by atoms with Crippen LogP contribution in [0.5, 0.6) is 5.75 Å². The average Bonchev–Trinajstić information content (AvgIpc) is 2.70. The van der Waals surface area contributed by atoms with E-state index in [0.717, 1.165) is 16.6 Å². The van der Waals surface area contributed by atoms with Crippen molar-refractivity contribution in [2.45, 2.75) is 6.92 Å². The molecule has 0 aliphatic heterocycles. The van der Waals surface area contributed by atoms with Crippen molar-refractivity contribution < 1.29 is 9.50 Å². The Bertz CT molecular complexity index is 713. The molecule has 0 unspecified atom stereocenters. The topological polar surface area (TPSA) is 48.9 Å². The summed E-state index contributed by atoms with van der Waals surface area (Å²) in [6.07, 6.45) is 0. The van der Waals surface area contributed by atoms with Gasteiger partial charge in [0.05, 0.1) is 11.0 Å². The molecule has 0 radical (unpaired) electrons. The molecule has 4 heteroatoms. The summed E-state index contributed by atoms with van der Waals surface area (Å²) in [5.74, 6) is 0.486. The van der Waals surface area contributed by atoms with E-state index in [1.807, 2.05) is 13.0 Å². The number of H-pyrrole nitrogens is 1. The van der Waals surface area contributed by atoms with Crippen LogP contribution in [0.2, 0.25) is 0 Å². The number of nitrogens with one attached hydrogen (secondary N) is 1. The molecule has 0 atom stereocenters. The standard InChI is InChI=1S/C14H11FN2O/c1-8-4-9(6-10(15)5-8)14-16-12-3-2-11(18)7-13(12)17-14/h2-7,18H,1H3,(H,16,17). The molecule has 0 aliphatic carbocycles. The lowest BCUT2D eigenvalue weighted by Gasteiger charge is -1.99. The van der Waals surface area contributed by atoms with Crippen molar-refractivity contribution in [1.82, 2.24) is 9.97 Å². The predicted octanol–water partition coefficient (Wildman–Crippen LogP) is 3.38. The van der Waals surface area contributed by atoms with E-state index in [1.54, 1.807) is 18.2 Å². The number of halogens is 1. The molecule has 1 heterocycles. The maximum atomic E-state index is 13.4. The average molecular weight is 242 g/mol. The zero-order chi connectivity index (χ0) is 12.7. The Morgan fingerprint density at radius 3 is 2.78 bits per heavy atom. The lowest BCUT2D eigenvalue weighted by molar-refractivity contribution is 0.476. The Morgan fingerprint density at radius 2 is 2.00 bits per heavy atom. The molecule has 0 spiro atoms. The normalized spacial score (nSPS) is 11.0. The molecule has 3 aromatic rings. The molecule has 0 fully saturated rings. The first-order valence-electron chi connectivity index (χ1n) is 5.58. The van der Waals surface area contributed by atoms with Crippen molar-refractivity contribution in [3.05, 3.63) is 47.8 Å². The van der Waals surface area contributed by atoms with Crippen molar-refractivity contribution in [1.29, 1.82) is 0 Å². The third-order valence-electron chi connectivity index (χ3n) is 2.78. The van der Waals surface area contributed by atoms with Gasteiger partial charge in [0.25, 0.3) is 0 Å². The summed E-state index contributed by atoms with van der Waals surface area (Å²) in [5, 5.41) is 9.39. The van der Waals surface area contributed by atoms with Gasteiger partial charge in [-0.05, 0) is 42.8 Å². The largest absolute Gasteiger partial charge is 0.508 e. The molecule has 0 saturated carbocycles. The maximum absolute atomic E-state index is 13.4. The number of aromatic amines is 1. The van der Waals surface area contributed by atoms with Gasteiger partial charge in [0.2, 0.25) is 0 Å². The van der Waals surface area contributed by atoms with Gasteiger partial charge in [-0.2, -0.15) is 0 Å². The molecular formula is C14H11FN2O. The quantitative estimate of drug-likeness (QED) is 0.687. The zero-order valence-corrected chi connectivity index (χ0v) is 9.74. The smallest absolute Gasteiger partial charge is 0.138 e. The van der Waals surface area contributed by atoms with E-state index in [-0.39, 0.29) is 11.6 Å². The molecule has 0 amide bonds. The summed E-state index contributed by atoms with van der Waals surface area (Å²) >= 11 is 0. The van der Waals surface area contributed by atoms with Crippen LogP contribution in [0.25, 0.3) is 22.4 Å². The van der Waals surface area contributed by atoms with Crippen LogP contribution in [-0.4, -0.2) is 15.1 Å². The summed E-state index contributed by atoms with van der Waals surface area (Å²) < 4.78 is 13.4. The number of phenolic OH excluding ortho intramolecular Hbond substituents is 1. The molecule has 3 rings (SSSR count). The minimum atomic E-state index is -0.284. The number of fused-ring (bicyclic) bond motifs is 1. The second-order valence-electron chi connectivity index (χ2n) is 4.30. The molecule has 2 aromatic carbocycles. The second-order valence-corrected chi connectivity index (χ2v) is 4.30. The number of hydrogen-bond donors (Lipinski definition) is 2. The van der Waals surface area contributed by atoms with Gasteiger partial charge in [0.15, 0.2) is 0 Å². The lowest BCUT2D eigenvalue weighted by atomic mass is 10.1. The minimum absolute atomic E-state index is 0.174.